The first-order valence-corrected chi connectivity index (χ1v) is 17.1. The van der Waals surface area contributed by atoms with Gasteiger partial charge < -0.3 is 18.6 Å². The minimum atomic E-state index is -1.98. The molecule has 2 amide bonds. The van der Waals surface area contributed by atoms with Gasteiger partial charge in [-0.25, -0.2) is 0 Å². The molecule has 0 spiro atoms. The van der Waals surface area contributed by atoms with Crippen LogP contribution in [0.15, 0.2) is 29.8 Å². The third-order valence-electron chi connectivity index (χ3n) is 8.02. The van der Waals surface area contributed by atoms with Crippen molar-refractivity contribution >= 4 is 31.9 Å². The zero-order valence-electron chi connectivity index (χ0n) is 25.7. The summed E-state index contributed by atoms with van der Waals surface area (Å²) in [6, 6.07) is 8.23. The number of ether oxygens (including phenoxy) is 3. The highest BCUT2D eigenvalue weighted by Gasteiger charge is 2.44. The highest BCUT2D eigenvalue weighted by atomic mass is 28.4. The first kappa shape index (κ1) is 31.9. The van der Waals surface area contributed by atoms with Crippen molar-refractivity contribution in [2.24, 2.45) is 10.8 Å². The standard InChI is InChI=1S/C31H47NO7Si/c1-29(2,3)40(8,9)39-22-14-12-13-21(17-22)26-27(31(6,7)20-37-26)30(4,5)19-36-16-11-10-15-25(34)38-23-18-24(33)32-28(23)35/h12-14,17,23H,10-11,15-16,18-20H2,1-9H3,(H,32,33,35). The zero-order chi connectivity index (χ0) is 29.9. The van der Waals surface area contributed by atoms with Crippen LogP contribution in [-0.4, -0.2) is 52.0 Å². The van der Waals surface area contributed by atoms with Crippen LogP contribution in [0.5, 0.6) is 5.75 Å². The SMILES string of the molecule is CC(C)(COCCCCC(=O)OC1CC(=O)NC1=O)C1=C(c2cccc(O[Si](C)(C)C(C)(C)C)c2)OCC1(C)C. The summed E-state index contributed by atoms with van der Waals surface area (Å²) in [7, 11) is -1.98. The fourth-order valence-corrected chi connectivity index (χ4v) is 6.04. The van der Waals surface area contributed by atoms with Gasteiger partial charge in [-0.3, -0.25) is 19.7 Å². The number of benzene rings is 1. The Morgan fingerprint density at radius 1 is 1.12 bits per heavy atom. The van der Waals surface area contributed by atoms with Gasteiger partial charge >= 0.3 is 5.97 Å². The minimum Gasteiger partial charge on any atom is -0.543 e. The van der Waals surface area contributed by atoms with Crippen molar-refractivity contribution in [1.82, 2.24) is 5.32 Å². The molecule has 0 radical (unpaired) electrons. The molecule has 3 rings (SSSR count). The first-order valence-electron chi connectivity index (χ1n) is 14.2. The lowest BCUT2D eigenvalue weighted by atomic mass is 9.70. The smallest absolute Gasteiger partial charge is 0.306 e. The van der Waals surface area contributed by atoms with Crippen molar-refractivity contribution in [3.63, 3.8) is 0 Å². The number of nitrogens with one attached hydrogen (secondary N) is 1. The molecule has 0 aliphatic carbocycles. The number of rotatable bonds is 12. The summed E-state index contributed by atoms with van der Waals surface area (Å²) in [6.45, 7) is 21.6. The molecule has 1 aromatic carbocycles. The Bertz CT molecular complexity index is 1150. The zero-order valence-corrected chi connectivity index (χ0v) is 26.7. The number of amides is 2. The maximum atomic E-state index is 12.0. The molecule has 0 aromatic heterocycles. The van der Waals surface area contributed by atoms with E-state index in [1.54, 1.807) is 0 Å². The van der Waals surface area contributed by atoms with E-state index in [-0.39, 0.29) is 28.7 Å². The Morgan fingerprint density at radius 2 is 1.82 bits per heavy atom. The molecule has 1 atom stereocenters. The lowest BCUT2D eigenvalue weighted by molar-refractivity contribution is -0.154. The maximum absolute atomic E-state index is 12.0. The number of carbonyl (C=O) groups is 3. The van der Waals surface area contributed by atoms with Gasteiger partial charge in [0.25, 0.3) is 5.91 Å². The molecule has 0 saturated carbocycles. The lowest BCUT2D eigenvalue weighted by Gasteiger charge is -2.36. The number of carbonyl (C=O) groups excluding carboxylic acids is 3. The van der Waals surface area contributed by atoms with Crippen LogP contribution in [-0.2, 0) is 28.6 Å². The Kier molecular flexibility index (Phi) is 9.61. The second-order valence-corrected chi connectivity index (χ2v) is 18.5. The molecule has 1 saturated heterocycles. The van der Waals surface area contributed by atoms with E-state index < -0.39 is 32.2 Å². The average Bonchev–Trinajstić information content (AvgIpc) is 3.32. The highest BCUT2D eigenvalue weighted by Crippen LogP contribution is 2.50. The Balaban J connectivity index is 1.60. The molecule has 0 bridgehead atoms. The molecule has 2 aliphatic heterocycles. The van der Waals surface area contributed by atoms with E-state index in [2.05, 4.69) is 79.0 Å². The second-order valence-electron chi connectivity index (χ2n) is 13.8. The van der Waals surface area contributed by atoms with Crippen LogP contribution in [0.2, 0.25) is 18.1 Å². The van der Waals surface area contributed by atoms with Crippen molar-refractivity contribution in [2.45, 2.75) is 98.4 Å². The minimum absolute atomic E-state index is 0.103. The molecule has 2 aliphatic rings. The van der Waals surface area contributed by atoms with Gasteiger partial charge in [-0.15, -0.1) is 0 Å². The first-order chi connectivity index (χ1) is 18.4. The predicted octanol–water partition coefficient (Wildman–Crippen LogP) is 6.01. The molecule has 9 heteroatoms. The Hall–Kier alpha value is -2.65. The van der Waals surface area contributed by atoms with Crippen molar-refractivity contribution in [3.8, 4) is 5.75 Å². The Morgan fingerprint density at radius 3 is 2.45 bits per heavy atom. The molecule has 1 unspecified atom stereocenters. The number of hydrogen-bond acceptors (Lipinski definition) is 7. The van der Waals surface area contributed by atoms with E-state index in [9.17, 15) is 14.4 Å². The summed E-state index contributed by atoms with van der Waals surface area (Å²) < 4.78 is 24.1. The third-order valence-corrected chi connectivity index (χ3v) is 12.4. The van der Waals surface area contributed by atoms with Gasteiger partial charge in [0.2, 0.25) is 14.2 Å². The summed E-state index contributed by atoms with van der Waals surface area (Å²) in [5, 5.41) is 2.24. The molecule has 2 heterocycles. The van der Waals surface area contributed by atoms with Gasteiger partial charge in [-0.05, 0) is 48.7 Å². The van der Waals surface area contributed by atoms with Crippen LogP contribution in [0.3, 0.4) is 0 Å². The van der Waals surface area contributed by atoms with Crippen LogP contribution in [0, 0.1) is 10.8 Å². The summed E-state index contributed by atoms with van der Waals surface area (Å²) in [6.07, 6.45) is 0.323. The normalized spacial score (nSPS) is 19.5. The fourth-order valence-electron chi connectivity index (χ4n) is 5.02. The summed E-state index contributed by atoms with van der Waals surface area (Å²) in [5.74, 6) is 0.328. The number of unbranched alkanes of at least 4 members (excludes halogenated alkanes) is 1. The quantitative estimate of drug-likeness (QED) is 0.141. The molecule has 1 aromatic rings. The van der Waals surface area contributed by atoms with E-state index in [1.165, 1.54) is 5.57 Å². The van der Waals surface area contributed by atoms with Crippen molar-refractivity contribution in [2.75, 3.05) is 19.8 Å². The van der Waals surface area contributed by atoms with E-state index in [1.807, 2.05) is 12.1 Å². The molecule has 1 fully saturated rings. The Labute approximate surface area is 240 Å². The van der Waals surface area contributed by atoms with Crippen LogP contribution in [0.1, 0.15) is 79.7 Å². The number of hydrogen-bond donors (Lipinski definition) is 1. The van der Waals surface area contributed by atoms with Gasteiger partial charge in [0, 0.05) is 29.4 Å². The summed E-state index contributed by atoms with van der Waals surface area (Å²) in [5.41, 5.74) is 1.79. The summed E-state index contributed by atoms with van der Waals surface area (Å²) >= 11 is 0. The van der Waals surface area contributed by atoms with Gasteiger partial charge in [-0.1, -0.05) is 60.6 Å². The van der Waals surface area contributed by atoms with E-state index in [4.69, 9.17) is 18.6 Å². The fraction of sp³-hybridized carbons (Fsp3) is 0.645. The molecule has 8 nitrogen and oxygen atoms in total. The van der Waals surface area contributed by atoms with E-state index in [0.717, 1.165) is 17.1 Å². The van der Waals surface area contributed by atoms with Crippen LogP contribution >= 0.6 is 0 Å². The third kappa shape index (κ3) is 7.75. The topological polar surface area (TPSA) is 100 Å². The van der Waals surface area contributed by atoms with Gasteiger partial charge in [0.1, 0.15) is 11.5 Å². The van der Waals surface area contributed by atoms with Gasteiger partial charge in [-0.2, -0.15) is 0 Å². The average molecular weight is 574 g/mol. The van der Waals surface area contributed by atoms with Crippen LogP contribution in [0.25, 0.3) is 5.76 Å². The van der Waals surface area contributed by atoms with Crippen molar-refractivity contribution in [3.05, 3.63) is 35.4 Å². The largest absolute Gasteiger partial charge is 0.543 e. The lowest BCUT2D eigenvalue weighted by Crippen LogP contribution is -2.43. The second kappa shape index (κ2) is 12.1. The van der Waals surface area contributed by atoms with Gasteiger partial charge in [0.05, 0.1) is 19.6 Å². The van der Waals surface area contributed by atoms with Crippen LogP contribution < -0.4 is 9.74 Å². The van der Waals surface area contributed by atoms with E-state index >= 15 is 0 Å². The van der Waals surface area contributed by atoms with Crippen molar-refractivity contribution < 1.29 is 33.0 Å². The van der Waals surface area contributed by atoms with Crippen LogP contribution in [0.4, 0.5) is 0 Å². The molecular weight excluding hydrogens is 526 g/mol. The molecule has 222 valence electrons. The number of esters is 1. The molecule has 40 heavy (non-hydrogen) atoms. The molecule has 1 N–H and O–H groups in total. The predicted molar refractivity (Wildman–Crippen MR) is 157 cm³/mol. The monoisotopic (exact) mass is 573 g/mol. The van der Waals surface area contributed by atoms with Gasteiger partial charge in [0.15, 0.2) is 6.10 Å². The summed E-state index contributed by atoms with van der Waals surface area (Å²) in [4.78, 5) is 34.8. The highest BCUT2D eigenvalue weighted by molar-refractivity contribution is 6.74. The van der Waals surface area contributed by atoms with E-state index in [0.29, 0.717) is 32.7 Å². The number of imide groups is 1. The maximum Gasteiger partial charge on any atom is 0.306 e. The van der Waals surface area contributed by atoms with Crippen molar-refractivity contribution in [1.29, 1.82) is 0 Å². The molecular formula is C31H47NO7Si.